The first-order chi connectivity index (χ1) is 9.43. The minimum Gasteiger partial charge on any atom is -0.390 e. The van der Waals surface area contributed by atoms with E-state index in [-0.39, 0.29) is 16.9 Å². The highest BCUT2D eigenvalue weighted by Gasteiger charge is 2.34. The predicted molar refractivity (Wildman–Crippen MR) is 75.8 cm³/mol. The molecule has 2 aliphatic rings. The first-order valence-corrected chi connectivity index (χ1v) is 8.73. The Hall–Kier alpha value is -0.850. The lowest BCUT2D eigenvalue weighted by molar-refractivity contribution is 0.166. The van der Waals surface area contributed by atoms with Gasteiger partial charge in [0.05, 0.1) is 11.5 Å². The van der Waals surface area contributed by atoms with Gasteiger partial charge in [0.2, 0.25) is 10.0 Å². The number of nitrogens with zero attached hydrogens (tertiary/aromatic N) is 1. The molecule has 1 aromatic rings. The maximum absolute atomic E-state index is 12.3. The van der Waals surface area contributed by atoms with Crippen molar-refractivity contribution in [2.45, 2.75) is 56.6 Å². The van der Waals surface area contributed by atoms with E-state index < -0.39 is 10.0 Å². The Morgan fingerprint density at radius 3 is 2.65 bits per heavy atom. The lowest BCUT2D eigenvalue weighted by Gasteiger charge is -2.38. The molecule has 0 amide bonds. The van der Waals surface area contributed by atoms with Crippen molar-refractivity contribution in [1.82, 2.24) is 9.29 Å². The van der Waals surface area contributed by atoms with Crippen molar-refractivity contribution in [2.24, 2.45) is 5.41 Å². The Morgan fingerprint density at radius 2 is 2.15 bits per heavy atom. The van der Waals surface area contributed by atoms with Gasteiger partial charge < -0.3 is 9.67 Å². The topological polar surface area (TPSA) is 71.3 Å². The van der Waals surface area contributed by atoms with Crippen molar-refractivity contribution >= 4 is 10.0 Å². The molecule has 0 radical (unpaired) electrons. The molecule has 1 aromatic heterocycles. The smallest absolute Gasteiger partial charge is 0.242 e. The first-order valence-electron chi connectivity index (χ1n) is 7.25. The van der Waals surface area contributed by atoms with E-state index in [1.165, 1.54) is 6.42 Å². The summed E-state index contributed by atoms with van der Waals surface area (Å²) in [5, 5.41) is 9.34. The zero-order valence-electron chi connectivity index (χ0n) is 11.8. The zero-order valence-corrected chi connectivity index (χ0v) is 12.6. The summed E-state index contributed by atoms with van der Waals surface area (Å²) in [7, 11) is -3.47. The van der Waals surface area contributed by atoms with Crippen LogP contribution in [0.15, 0.2) is 17.2 Å². The monoisotopic (exact) mass is 298 g/mol. The Labute approximate surface area is 120 Å². The summed E-state index contributed by atoms with van der Waals surface area (Å²) in [5.74, 6) is 0. The van der Waals surface area contributed by atoms with Gasteiger partial charge in [-0.05, 0) is 37.2 Å². The second-order valence-electron chi connectivity index (χ2n) is 6.45. The van der Waals surface area contributed by atoms with Crippen molar-refractivity contribution in [3.05, 3.63) is 18.0 Å². The van der Waals surface area contributed by atoms with Gasteiger partial charge in [-0.2, -0.15) is 0 Å². The highest BCUT2D eigenvalue weighted by atomic mass is 32.2. The molecule has 1 heterocycles. The Kier molecular flexibility index (Phi) is 3.43. The van der Waals surface area contributed by atoms with Crippen LogP contribution in [0.1, 0.15) is 50.8 Å². The van der Waals surface area contributed by atoms with Crippen molar-refractivity contribution in [3.8, 4) is 0 Å². The fourth-order valence-electron chi connectivity index (χ4n) is 2.77. The Balaban J connectivity index is 1.76. The average Bonchev–Trinajstić information content (AvgIpc) is 3.13. The summed E-state index contributed by atoms with van der Waals surface area (Å²) >= 11 is 0. The molecular weight excluding hydrogens is 276 g/mol. The van der Waals surface area contributed by atoms with Gasteiger partial charge in [0.25, 0.3) is 0 Å². The Bertz CT molecular complexity index is 598. The third-order valence-electron chi connectivity index (χ3n) is 4.57. The van der Waals surface area contributed by atoms with Gasteiger partial charge >= 0.3 is 0 Å². The molecule has 3 rings (SSSR count). The highest BCUT2D eigenvalue weighted by Crippen LogP contribution is 2.40. The molecule has 2 saturated carbocycles. The maximum atomic E-state index is 12.3. The van der Waals surface area contributed by atoms with Gasteiger partial charge in [0, 0.05) is 24.5 Å². The van der Waals surface area contributed by atoms with Crippen molar-refractivity contribution in [3.63, 3.8) is 0 Å². The molecule has 0 saturated heterocycles. The molecular formula is C14H22N2O3S. The van der Waals surface area contributed by atoms with Crippen molar-refractivity contribution in [2.75, 3.05) is 6.54 Å². The summed E-state index contributed by atoms with van der Waals surface area (Å²) in [6.45, 7) is 2.50. The fraction of sp³-hybridized carbons (Fsp3) is 0.714. The first kappa shape index (κ1) is 14.1. The van der Waals surface area contributed by atoms with E-state index in [1.54, 1.807) is 12.3 Å². The molecule has 0 aromatic carbocycles. The lowest BCUT2D eigenvalue weighted by Crippen LogP contribution is -2.39. The third kappa shape index (κ3) is 2.64. The number of hydrogen-bond acceptors (Lipinski definition) is 3. The number of aliphatic hydroxyl groups is 1. The second-order valence-corrected chi connectivity index (χ2v) is 8.22. The van der Waals surface area contributed by atoms with Crippen molar-refractivity contribution < 1.29 is 13.5 Å². The van der Waals surface area contributed by atoms with E-state index in [9.17, 15) is 13.5 Å². The Morgan fingerprint density at radius 1 is 1.45 bits per heavy atom. The van der Waals surface area contributed by atoms with Gasteiger partial charge in [-0.15, -0.1) is 0 Å². The average molecular weight is 298 g/mol. The van der Waals surface area contributed by atoms with E-state index >= 15 is 0 Å². The van der Waals surface area contributed by atoms with E-state index in [1.807, 2.05) is 4.57 Å². The molecule has 0 aliphatic heterocycles. The second kappa shape index (κ2) is 4.86. The normalized spacial score (nSPS) is 21.7. The summed E-state index contributed by atoms with van der Waals surface area (Å²) in [6, 6.07) is 1.95. The molecule has 2 aliphatic carbocycles. The highest BCUT2D eigenvalue weighted by molar-refractivity contribution is 7.89. The number of rotatable bonds is 6. The molecule has 0 unspecified atom stereocenters. The van der Waals surface area contributed by atoms with Crippen LogP contribution in [0.25, 0.3) is 0 Å². The molecule has 0 atom stereocenters. The van der Waals surface area contributed by atoms with E-state index in [0.29, 0.717) is 18.3 Å². The standard InChI is InChI=1S/C14H22N2O3S/c1-14(5-2-6-14)10-15-20(18,19)13-7-12(9-17)16(8-13)11-3-4-11/h7-8,11,15,17H,2-6,9-10H2,1H3. The number of aliphatic hydroxyl groups excluding tert-OH is 1. The third-order valence-corrected chi connectivity index (χ3v) is 5.94. The fourth-order valence-corrected chi connectivity index (χ4v) is 4.02. The molecule has 20 heavy (non-hydrogen) atoms. The SMILES string of the molecule is CC1(CNS(=O)(=O)c2cc(CO)n(C3CC3)c2)CCC1. The number of hydrogen-bond donors (Lipinski definition) is 2. The van der Waals surface area contributed by atoms with Gasteiger partial charge in [-0.25, -0.2) is 13.1 Å². The van der Waals surface area contributed by atoms with Crippen LogP contribution in [-0.2, 0) is 16.6 Å². The van der Waals surface area contributed by atoms with Crippen LogP contribution >= 0.6 is 0 Å². The van der Waals surface area contributed by atoms with E-state index in [0.717, 1.165) is 25.7 Å². The molecule has 2 N–H and O–H groups in total. The van der Waals surface area contributed by atoms with Crippen LogP contribution in [0, 0.1) is 5.41 Å². The molecule has 2 fully saturated rings. The lowest BCUT2D eigenvalue weighted by atomic mass is 9.71. The summed E-state index contributed by atoms with van der Waals surface area (Å²) in [4.78, 5) is 0.274. The van der Waals surface area contributed by atoms with Crippen LogP contribution in [-0.4, -0.2) is 24.6 Å². The summed E-state index contributed by atoms with van der Waals surface area (Å²) in [5.41, 5.74) is 0.800. The van der Waals surface area contributed by atoms with Crippen LogP contribution in [0.5, 0.6) is 0 Å². The summed E-state index contributed by atoms with van der Waals surface area (Å²) in [6.07, 6.45) is 7.14. The van der Waals surface area contributed by atoms with Crippen LogP contribution in [0.2, 0.25) is 0 Å². The minimum atomic E-state index is -3.47. The van der Waals surface area contributed by atoms with Crippen LogP contribution in [0.3, 0.4) is 0 Å². The van der Waals surface area contributed by atoms with Gasteiger partial charge in [0.15, 0.2) is 0 Å². The van der Waals surface area contributed by atoms with Gasteiger partial charge in [-0.1, -0.05) is 13.3 Å². The van der Waals surface area contributed by atoms with Gasteiger partial charge in [0.1, 0.15) is 0 Å². The summed E-state index contributed by atoms with van der Waals surface area (Å²) < 4.78 is 29.3. The molecule has 0 spiro atoms. The number of nitrogens with one attached hydrogen (secondary N) is 1. The molecule has 112 valence electrons. The molecule has 5 nitrogen and oxygen atoms in total. The van der Waals surface area contributed by atoms with Crippen LogP contribution in [0.4, 0.5) is 0 Å². The quantitative estimate of drug-likeness (QED) is 0.841. The van der Waals surface area contributed by atoms with Crippen LogP contribution < -0.4 is 4.72 Å². The maximum Gasteiger partial charge on any atom is 0.242 e. The largest absolute Gasteiger partial charge is 0.390 e. The predicted octanol–water partition coefficient (Wildman–Crippen LogP) is 1.78. The minimum absolute atomic E-state index is 0.117. The number of aromatic nitrogens is 1. The van der Waals surface area contributed by atoms with E-state index in [4.69, 9.17) is 0 Å². The zero-order chi connectivity index (χ0) is 14.4. The molecule has 6 heteroatoms. The molecule has 0 bridgehead atoms. The van der Waals surface area contributed by atoms with E-state index in [2.05, 4.69) is 11.6 Å². The van der Waals surface area contributed by atoms with Crippen molar-refractivity contribution in [1.29, 1.82) is 0 Å². The number of sulfonamides is 1. The van der Waals surface area contributed by atoms with Gasteiger partial charge in [-0.3, -0.25) is 0 Å².